The molecule has 0 amide bonds. The van der Waals surface area contributed by atoms with Gasteiger partial charge in [0.25, 0.3) is 0 Å². The van der Waals surface area contributed by atoms with Crippen LogP contribution in [0.25, 0.3) is 77.2 Å². The molecule has 206 valence electrons. The maximum Gasteiger partial charge on any atom is 0.0726 e. The standard InChI is InChI=1S/C45H26/c1-2-13-29-27(11-1)12-9-18-30(29)28-23-24-34-33-16-5-7-21-39(33)45(41(34)25-28)40-22-8-6-17-36(40)44-37-20-10-19-35-31-14-3-4-15-32(31)38(43(35)37)26-42(44)45/h1-26H. The molecule has 8 aromatic carbocycles. The van der Waals surface area contributed by atoms with E-state index in [1.807, 2.05) is 0 Å². The van der Waals surface area contributed by atoms with Gasteiger partial charge < -0.3 is 0 Å². The van der Waals surface area contributed by atoms with E-state index in [0.29, 0.717) is 0 Å². The fraction of sp³-hybridized carbons (Fsp3) is 0.0222. The van der Waals surface area contributed by atoms with Gasteiger partial charge in [0.2, 0.25) is 0 Å². The second-order valence-corrected chi connectivity index (χ2v) is 12.7. The maximum absolute atomic E-state index is 2.56. The number of rotatable bonds is 1. The summed E-state index contributed by atoms with van der Waals surface area (Å²) in [5.41, 5.74) is 18.5. The van der Waals surface area contributed by atoms with Crippen molar-refractivity contribution in [1.82, 2.24) is 0 Å². The van der Waals surface area contributed by atoms with Gasteiger partial charge in [0.1, 0.15) is 0 Å². The van der Waals surface area contributed by atoms with Crippen molar-refractivity contribution in [2.24, 2.45) is 0 Å². The molecule has 0 aliphatic heterocycles. The van der Waals surface area contributed by atoms with Crippen LogP contribution in [0.5, 0.6) is 0 Å². The largest absolute Gasteiger partial charge is 0.0726 e. The van der Waals surface area contributed by atoms with Gasteiger partial charge in [0.05, 0.1) is 5.41 Å². The lowest BCUT2D eigenvalue weighted by Gasteiger charge is -2.31. The predicted octanol–water partition coefficient (Wildman–Crippen LogP) is 11.7. The van der Waals surface area contributed by atoms with E-state index >= 15 is 0 Å². The van der Waals surface area contributed by atoms with Crippen LogP contribution >= 0.6 is 0 Å². The Kier molecular flexibility index (Phi) is 4.35. The fourth-order valence-corrected chi connectivity index (χ4v) is 9.14. The monoisotopic (exact) mass is 566 g/mol. The molecule has 0 heterocycles. The van der Waals surface area contributed by atoms with E-state index in [9.17, 15) is 0 Å². The number of benzene rings is 8. The Labute approximate surface area is 261 Å². The summed E-state index contributed by atoms with van der Waals surface area (Å²) < 4.78 is 0. The van der Waals surface area contributed by atoms with Gasteiger partial charge in [-0.25, -0.2) is 0 Å². The highest BCUT2D eigenvalue weighted by Gasteiger charge is 2.52. The minimum atomic E-state index is -0.406. The van der Waals surface area contributed by atoms with E-state index < -0.39 is 5.41 Å². The Morgan fingerprint density at radius 1 is 0.311 bits per heavy atom. The third-order valence-electron chi connectivity index (χ3n) is 10.8. The number of hydrogen-bond acceptors (Lipinski definition) is 0. The molecule has 0 heteroatoms. The third kappa shape index (κ3) is 2.75. The van der Waals surface area contributed by atoms with Crippen LogP contribution in [0.2, 0.25) is 0 Å². The summed E-state index contributed by atoms with van der Waals surface area (Å²) >= 11 is 0. The molecule has 1 unspecified atom stereocenters. The molecule has 8 aromatic rings. The van der Waals surface area contributed by atoms with Crippen molar-refractivity contribution >= 4 is 21.5 Å². The highest BCUT2D eigenvalue weighted by atomic mass is 14.5. The summed E-state index contributed by atoms with van der Waals surface area (Å²) in [6.45, 7) is 0. The third-order valence-corrected chi connectivity index (χ3v) is 10.8. The number of hydrogen-bond donors (Lipinski definition) is 0. The topological polar surface area (TPSA) is 0 Å². The van der Waals surface area contributed by atoms with Gasteiger partial charge in [-0.2, -0.15) is 0 Å². The van der Waals surface area contributed by atoms with E-state index in [4.69, 9.17) is 0 Å². The van der Waals surface area contributed by atoms with Crippen LogP contribution in [-0.2, 0) is 5.41 Å². The average Bonchev–Trinajstić information content (AvgIpc) is 3.71. The van der Waals surface area contributed by atoms with Crippen molar-refractivity contribution < 1.29 is 0 Å². The molecule has 0 saturated carbocycles. The Morgan fingerprint density at radius 3 is 1.76 bits per heavy atom. The molecule has 1 spiro atoms. The molecule has 11 rings (SSSR count). The Balaban J connectivity index is 1.31. The van der Waals surface area contributed by atoms with Gasteiger partial charge in [0, 0.05) is 0 Å². The van der Waals surface area contributed by atoms with E-state index in [1.165, 1.54) is 99.4 Å². The van der Waals surface area contributed by atoms with Gasteiger partial charge in [0.15, 0.2) is 0 Å². The van der Waals surface area contributed by atoms with Crippen LogP contribution < -0.4 is 0 Å². The molecule has 45 heavy (non-hydrogen) atoms. The lowest BCUT2D eigenvalue weighted by atomic mass is 9.69. The summed E-state index contributed by atoms with van der Waals surface area (Å²) in [5.74, 6) is 0. The molecule has 0 fully saturated rings. The van der Waals surface area contributed by atoms with Crippen LogP contribution in [0.3, 0.4) is 0 Å². The molecular formula is C45H26. The van der Waals surface area contributed by atoms with Crippen molar-refractivity contribution in [1.29, 1.82) is 0 Å². The summed E-state index contributed by atoms with van der Waals surface area (Å²) in [4.78, 5) is 0. The fourth-order valence-electron chi connectivity index (χ4n) is 9.14. The van der Waals surface area contributed by atoms with Crippen LogP contribution in [0.15, 0.2) is 158 Å². The molecular weight excluding hydrogens is 540 g/mol. The Bertz CT molecular complexity index is 2600. The van der Waals surface area contributed by atoms with Crippen molar-refractivity contribution in [3.63, 3.8) is 0 Å². The second kappa shape index (κ2) is 8.25. The first-order chi connectivity index (χ1) is 22.3. The van der Waals surface area contributed by atoms with E-state index in [2.05, 4.69) is 158 Å². The zero-order chi connectivity index (χ0) is 29.3. The first kappa shape index (κ1) is 23.7. The molecule has 0 aromatic heterocycles. The molecule has 0 radical (unpaired) electrons. The van der Waals surface area contributed by atoms with Crippen molar-refractivity contribution in [2.75, 3.05) is 0 Å². The molecule has 0 saturated heterocycles. The van der Waals surface area contributed by atoms with Crippen molar-refractivity contribution in [2.45, 2.75) is 5.41 Å². The average molecular weight is 567 g/mol. The normalized spacial score (nSPS) is 16.1. The highest BCUT2D eigenvalue weighted by molar-refractivity contribution is 6.21. The molecule has 3 aliphatic carbocycles. The zero-order valence-corrected chi connectivity index (χ0v) is 24.5. The molecule has 0 N–H and O–H groups in total. The minimum absolute atomic E-state index is 0.406. The van der Waals surface area contributed by atoms with Crippen LogP contribution in [0.1, 0.15) is 22.3 Å². The van der Waals surface area contributed by atoms with E-state index in [1.54, 1.807) is 0 Å². The van der Waals surface area contributed by atoms with Crippen LogP contribution in [0.4, 0.5) is 0 Å². The zero-order valence-electron chi connectivity index (χ0n) is 24.5. The van der Waals surface area contributed by atoms with Crippen molar-refractivity contribution in [3.8, 4) is 55.6 Å². The highest BCUT2D eigenvalue weighted by Crippen LogP contribution is 2.65. The summed E-state index contributed by atoms with van der Waals surface area (Å²) in [6.07, 6.45) is 0. The maximum atomic E-state index is 2.56. The second-order valence-electron chi connectivity index (χ2n) is 12.7. The SMILES string of the molecule is c1ccc2c(c1)-c1cccc3c4c(cc-2c13)C1(c2ccccc2-c2ccc(-c3cccc5ccccc35)cc21)c1ccccc1-4. The molecule has 3 aliphatic rings. The smallest absolute Gasteiger partial charge is 0.0619 e. The van der Waals surface area contributed by atoms with Crippen LogP contribution in [0, 0.1) is 0 Å². The van der Waals surface area contributed by atoms with Gasteiger partial charge >= 0.3 is 0 Å². The minimum Gasteiger partial charge on any atom is -0.0619 e. The van der Waals surface area contributed by atoms with Gasteiger partial charge in [-0.05, 0) is 112 Å². The van der Waals surface area contributed by atoms with Gasteiger partial charge in [-0.3, -0.25) is 0 Å². The summed E-state index contributed by atoms with van der Waals surface area (Å²) in [6, 6.07) is 59.4. The lowest BCUT2D eigenvalue weighted by Crippen LogP contribution is -2.26. The predicted molar refractivity (Wildman–Crippen MR) is 188 cm³/mol. The van der Waals surface area contributed by atoms with Gasteiger partial charge in [-0.15, -0.1) is 0 Å². The summed E-state index contributed by atoms with van der Waals surface area (Å²) in [7, 11) is 0. The molecule has 0 bridgehead atoms. The first-order valence-electron chi connectivity index (χ1n) is 15.9. The van der Waals surface area contributed by atoms with E-state index in [0.717, 1.165) is 0 Å². The summed E-state index contributed by atoms with van der Waals surface area (Å²) in [5, 5.41) is 5.31. The lowest BCUT2D eigenvalue weighted by molar-refractivity contribution is 0.795. The molecule has 1 atom stereocenters. The van der Waals surface area contributed by atoms with E-state index in [-0.39, 0.29) is 0 Å². The quantitative estimate of drug-likeness (QED) is 0.185. The van der Waals surface area contributed by atoms with Crippen LogP contribution in [-0.4, -0.2) is 0 Å². The molecule has 0 nitrogen and oxygen atoms in total. The Hall–Kier alpha value is -5.72. The van der Waals surface area contributed by atoms with Crippen molar-refractivity contribution in [3.05, 3.63) is 180 Å². The van der Waals surface area contributed by atoms with Gasteiger partial charge in [-0.1, -0.05) is 146 Å². The Morgan fingerprint density at radius 2 is 0.889 bits per heavy atom. The first-order valence-corrected chi connectivity index (χ1v) is 15.9. The number of fused-ring (bicyclic) bond motifs is 15.